The molecule has 0 aromatic carbocycles. The van der Waals surface area contributed by atoms with Crippen LogP contribution in [-0.4, -0.2) is 17.6 Å². The second kappa shape index (κ2) is 5.20. The van der Waals surface area contributed by atoms with Crippen LogP contribution in [0.4, 0.5) is 8.78 Å². The predicted octanol–water partition coefficient (Wildman–Crippen LogP) is 2.25. The van der Waals surface area contributed by atoms with Crippen molar-refractivity contribution < 1.29 is 18.3 Å². The maximum atomic E-state index is 12.7. The Morgan fingerprint density at radius 1 is 1.62 bits per heavy atom. The molecule has 0 fully saturated rings. The van der Waals surface area contributed by atoms with Crippen molar-refractivity contribution >= 4 is 21.9 Å². The summed E-state index contributed by atoms with van der Waals surface area (Å²) in [4.78, 5) is 24.4. The third kappa shape index (κ3) is 2.66. The number of nitrogens with one attached hydrogen (secondary N) is 1. The molecular weight excluding hydrogens is 288 g/mol. The van der Waals surface area contributed by atoms with Gasteiger partial charge in [0, 0.05) is 10.5 Å². The van der Waals surface area contributed by atoms with Gasteiger partial charge in [-0.3, -0.25) is 4.79 Å². The fourth-order valence-electron chi connectivity index (χ4n) is 1.12. The minimum absolute atomic E-state index is 0.0378. The molecular formula is C9H8BrF2NO3. The minimum Gasteiger partial charge on any atom is -0.461 e. The number of aromatic nitrogens is 1. The average Bonchev–Trinajstić information content (AvgIpc) is 2.15. The molecule has 0 radical (unpaired) electrons. The van der Waals surface area contributed by atoms with E-state index in [1.54, 1.807) is 0 Å². The van der Waals surface area contributed by atoms with Gasteiger partial charge < -0.3 is 9.72 Å². The van der Waals surface area contributed by atoms with Crippen LogP contribution < -0.4 is 5.56 Å². The van der Waals surface area contributed by atoms with Gasteiger partial charge in [0.05, 0.1) is 12.2 Å². The number of hydrogen-bond donors (Lipinski definition) is 1. The van der Waals surface area contributed by atoms with Crippen LogP contribution in [0.5, 0.6) is 0 Å². The van der Waals surface area contributed by atoms with E-state index in [-0.39, 0.29) is 11.1 Å². The molecule has 0 spiro atoms. The molecule has 0 bridgehead atoms. The monoisotopic (exact) mass is 295 g/mol. The number of hydrogen-bond acceptors (Lipinski definition) is 3. The summed E-state index contributed by atoms with van der Waals surface area (Å²) in [5.41, 5.74) is -1.74. The van der Waals surface area contributed by atoms with E-state index in [0.717, 1.165) is 6.07 Å². The first kappa shape index (κ1) is 12.8. The van der Waals surface area contributed by atoms with E-state index in [4.69, 9.17) is 0 Å². The van der Waals surface area contributed by atoms with Gasteiger partial charge in [-0.05, 0) is 6.92 Å². The van der Waals surface area contributed by atoms with Crippen LogP contribution in [0.2, 0.25) is 0 Å². The Hall–Kier alpha value is -1.24. The molecule has 0 amide bonds. The van der Waals surface area contributed by atoms with Crippen LogP contribution in [0.15, 0.2) is 15.3 Å². The maximum Gasteiger partial charge on any atom is 0.355 e. The molecule has 1 rings (SSSR count). The normalized spacial score (nSPS) is 10.6. The Balaban J connectivity index is 3.35. The predicted molar refractivity (Wildman–Crippen MR) is 55.7 cm³/mol. The van der Waals surface area contributed by atoms with Gasteiger partial charge in [-0.1, -0.05) is 15.9 Å². The van der Waals surface area contributed by atoms with E-state index in [0.29, 0.717) is 0 Å². The Morgan fingerprint density at radius 3 is 2.75 bits per heavy atom. The molecule has 0 atom stereocenters. The number of ether oxygens (including phenoxy) is 1. The average molecular weight is 296 g/mol. The van der Waals surface area contributed by atoms with Crippen LogP contribution in [0.1, 0.15) is 29.4 Å². The molecule has 1 heterocycles. The van der Waals surface area contributed by atoms with Crippen molar-refractivity contribution in [3.63, 3.8) is 0 Å². The Kier molecular flexibility index (Phi) is 4.17. The van der Waals surface area contributed by atoms with E-state index in [2.05, 4.69) is 20.7 Å². The summed E-state index contributed by atoms with van der Waals surface area (Å²) in [6, 6.07) is 0.935. The van der Waals surface area contributed by atoms with E-state index in [1.807, 2.05) is 4.98 Å². The van der Waals surface area contributed by atoms with Crippen molar-refractivity contribution in [1.29, 1.82) is 0 Å². The zero-order valence-corrected chi connectivity index (χ0v) is 9.81. The summed E-state index contributed by atoms with van der Waals surface area (Å²) in [6.07, 6.45) is -2.88. The van der Waals surface area contributed by atoms with Gasteiger partial charge in [0.1, 0.15) is 5.69 Å². The number of aromatic amines is 1. The molecule has 0 aliphatic heterocycles. The van der Waals surface area contributed by atoms with E-state index in [1.165, 1.54) is 6.92 Å². The van der Waals surface area contributed by atoms with Crippen molar-refractivity contribution in [2.75, 3.05) is 6.61 Å². The summed E-state index contributed by atoms with van der Waals surface area (Å²) in [6.45, 7) is 1.58. The van der Waals surface area contributed by atoms with Gasteiger partial charge >= 0.3 is 5.97 Å². The Morgan fingerprint density at radius 2 is 2.25 bits per heavy atom. The zero-order valence-electron chi connectivity index (χ0n) is 8.22. The van der Waals surface area contributed by atoms with E-state index in [9.17, 15) is 18.4 Å². The highest BCUT2D eigenvalue weighted by Gasteiger charge is 2.23. The molecule has 0 saturated carbocycles. The summed E-state index contributed by atoms with van der Waals surface area (Å²) >= 11 is 2.81. The van der Waals surface area contributed by atoms with Crippen LogP contribution in [0.3, 0.4) is 0 Å². The lowest BCUT2D eigenvalue weighted by Crippen LogP contribution is -2.18. The topological polar surface area (TPSA) is 59.2 Å². The standard InChI is InChI=1S/C9H8BrF2NO3/c1-2-16-9(15)7-6(8(11)12)4(10)3-5(14)13-7/h3,8H,2H2,1H3,(H,13,14). The molecule has 88 valence electrons. The lowest BCUT2D eigenvalue weighted by molar-refractivity contribution is 0.0507. The quantitative estimate of drug-likeness (QED) is 0.870. The van der Waals surface area contributed by atoms with Crippen molar-refractivity contribution in [2.45, 2.75) is 13.3 Å². The summed E-state index contributed by atoms with van der Waals surface area (Å²) in [5.74, 6) is -0.976. The van der Waals surface area contributed by atoms with Gasteiger partial charge in [-0.2, -0.15) is 0 Å². The van der Waals surface area contributed by atoms with Gasteiger partial charge in [0.15, 0.2) is 0 Å². The third-order valence-corrected chi connectivity index (χ3v) is 2.39. The fourth-order valence-corrected chi connectivity index (χ4v) is 1.70. The molecule has 0 aliphatic carbocycles. The lowest BCUT2D eigenvalue weighted by Gasteiger charge is -2.09. The highest BCUT2D eigenvalue weighted by atomic mass is 79.9. The van der Waals surface area contributed by atoms with Gasteiger partial charge in [0.2, 0.25) is 5.56 Å². The molecule has 1 aromatic rings. The highest BCUT2D eigenvalue weighted by Crippen LogP contribution is 2.28. The molecule has 1 aromatic heterocycles. The first-order valence-corrected chi connectivity index (χ1v) is 5.14. The largest absolute Gasteiger partial charge is 0.461 e. The van der Waals surface area contributed by atoms with Gasteiger partial charge in [0.25, 0.3) is 6.43 Å². The number of rotatable bonds is 3. The van der Waals surface area contributed by atoms with Crippen LogP contribution in [-0.2, 0) is 4.74 Å². The number of H-pyrrole nitrogens is 1. The number of carbonyl (C=O) groups is 1. The first-order valence-electron chi connectivity index (χ1n) is 4.35. The molecule has 7 heteroatoms. The second-order valence-corrected chi connectivity index (χ2v) is 3.65. The summed E-state index contributed by atoms with van der Waals surface area (Å²) < 4.78 is 29.8. The lowest BCUT2D eigenvalue weighted by atomic mass is 10.2. The van der Waals surface area contributed by atoms with Crippen molar-refractivity contribution in [3.8, 4) is 0 Å². The summed E-state index contributed by atoms with van der Waals surface area (Å²) in [5, 5.41) is 0. The maximum absolute atomic E-state index is 12.7. The molecule has 4 nitrogen and oxygen atoms in total. The van der Waals surface area contributed by atoms with Crippen molar-refractivity contribution in [1.82, 2.24) is 4.98 Å². The van der Waals surface area contributed by atoms with Crippen molar-refractivity contribution in [3.05, 3.63) is 32.2 Å². The fraction of sp³-hybridized carbons (Fsp3) is 0.333. The van der Waals surface area contributed by atoms with Crippen LogP contribution in [0, 0.1) is 0 Å². The third-order valence-electron chi connectivity index (χ3n) is 1.73. The number of pyridine rings is 1. The van der Waals surface area contributed by atoms with Crippen LogP contribution in [0.25, 0.3) is 0 Å². The number of alkyl halides is 2. The number of halogens is 3. The Labute approximate surface area is 97.7 Å². The van der Waals surface area contributed by atoms with Crippen molar-refractivity contribution in [2.24, 2.45) is 0 Å². The van der Waals surface area contributed by atoms with Gasteiger partial charge in [-0.15, -0.1) is 0 Å². The molecule has 0 unspecified atom stereocenters. The number of esters is 1. The molecule has 1 N–H and O–H groups in total. The smallest absolute Gasteiger partial charge is 0.355 e. The van der Waals surface area contributed by atoms with E-state index < -0.39 is 29.2 Å². The molecule has 0 aliphatic rings. The molecule has 16 heavy (non-hydrogen) atoms. The Bertz CT molecular complexity index is 459. The van der Waals surface area contributed by atoms with E-state index >= 15 is 0 Å². The first-order chi connectivity index (χ1) is 7.47. The number of carbonyl (C=O) groups excluding carboxylic acids is 1. The summed E-state index contributed by atoms with van der Waals surface area (Å²) in [7, 11) is 0. The molecule has 0 saturated heterocycles. The van der Waals surface area contributed by atoms with Crippen LogP contribution >= 0.6 is 15.9 Å². The second-order valence-electron chi connectivity index (χ2n) is 2.79. The van der Waals surface area contributed by atoms with Gasteiger partial charge in [-0.25, -0.2) is 13.6 Å². The zero-order chi connectivity index (χ0) is 12.3. The SMILES string of the molecule is CCOC(=O)c1[nH]c(=O)cc(Br)c1C(F)F. The highest BCUT2D eigenvalue weighted by molar-refractivity contribution is 9.10. The minimum atomic E-state index is -2.88.